The molecule has 3 aromatic heterocycles. The van der Waals surface area contributed by atoms with Crippen LogP contribution in [0.25, 0.3) is 46.4 Å². The molecule has 4 nitrogen and oxygen atoms in total. The van der Waals surface area contributed by atoms with E-state index in [0.717, 1.165) is 44.8 Å². The van der Waals surface area contributed by atoms with E-state index in [4.69, 9.17) is 0 Å². The second-order valence-corrected chi connectivity index (χ2v) is 12.0. The fraction of sp³-hybridized carbons (Fsp3) is 0.235. The molecule has 5 heterocycles. The van der Waals surface area contributed by atoms with Crippen molar-refractivity contribution in [2.45, 2.75) is 52.4 Å². The predicted octanol–water partition coefficient (Wildman–Crippen LogP) is 8.93. The zero-order valence-corrected chi connectivity index (χ0v) is 26.8. The number of benzene rings is 1. The normalized spacial score (nSPS) is 12.5. The summed E-state index contributed by atoms with van der Waals surface area (Å²) in [5.41, 5.74) is 11.2. The molecule has 0 atom stereocenters. The summed E-state index contributed by atoms with van der Waals surface area (Å²) in [6, 6.07) is 25.3. The first-order valence-corrected chi connectivity index (χ1v) is 13.2. The van der Waals surface area contributed by atoms with Crippen molar-refractivity contribution in [1.82, 2.24) is 19.9 Å². The molecule has 2 aliphatic rings. The minimum atomic E-state index is 0. The topological polar surface area (TPSA) is 57.4 Å². The van der Waals surface area contributed by atoms with Gasteiger partial charge in [0.05, 0.1) is 22.8 Å². The van der Waals surface area contributed by atoms with Crippen molar-refractivity contribution >= 4 is 46.4 Å². The number of hydrogen-bond donors (Lipinski definition) is 2. The molecule has 0 amide bonds. The Balaban J connectivity index is 0.000000204. The number of nitrogens with one attached hydrogen (secondary N) is 2. The first-order valence-electron chi connectivity index (χ1n) is 13.2. The monoisotopic (exact) mass is 564 g/mol. The van der Waals surface area contributed by atoms with Crippen LogP contribution in [0.5, 0.6) is 0 Å². The van der Waals surface area contributed by atoms with Gasteiger partial charge in [0.1, 0.15) is 0 Å². The van der Waals surface area contributed by atoms with Crippen molar-refractivity contribution in [3.63, 3.8) is 0 Å². The Morgan fingerprint density at radius 3 is 1.05 bits per heavy atom. The predicted molar refractivity (Wildman–Crippen MR) is 163 cm³/mol. The van der Waals surface area contributed by atoms with Crippen LogP contribution >= 0.6 is 0 Å². The van der Waals surface area contributed by atoms with Crippen LogP contribution in [0.2, 0.25) is 0 Å². The molecule has 6 rings (SSSR count). The minimum absolute atomic E-state index is 0. The van der Waals surface area contributed by atoms with Crippen LogP contribution < -0.4 is 0 Å². The first-order chi connectivity index (χ1) is 18.0. The third kappa shape index (κ3) is 7.31. The average molecular weight is 566 g/mol. The van der Waals surface area contributed by atoms with Crippen molar-refractivity contribution < 1.29 is 19.5 Å². The minimum Gasteiger partial charge on any atom is -0.355 e. The van der Waals surface area contributed by atoms with E-state index in [1.54, 1.807) is 0 Å². The Morgan fingerprint density at radius 1 is 0.462 bits per heavy atom. The second kappa shape index (κ2) is 11.3. The van der Waals surface area contributed by atoms with Gasteiger partial charge in [-0.25, -0.2) is 9.97 Å². The van der Waals surface area contributed by atoms with Gasteiger partial charge < -0.3 is 9.97 Å². The van der Waals surface area contributed by atoms with Gasteiger partial charge in [-0.3, -0.25) is 0 Å². The standard InChI is InChI=1S/C20H14N4.C14H22.Zn/c1-2-14-10-16-5-6-18(23-16)12-20-8-7-19(24-20)11-17-4-3-15(22-17)9-13(1)21-14;1-13(2,3)11-8-7-9-12(10-11)14(4,5)6;/h1-12,21,24H;7-10H,1-6H3;. The Morgan fingerprint density at radius 2 is 0.769 bits per heavy atom. The zero-order valence-electron chi connectivity index (χ0n) is 23.8. The number of nitrogens with zero attached hydrogens (tertiary/aromatic N) is 2. The average Bonchev–Trinajstić information content (AvgIpc) is 3.65. The Kier molecular flexibility index (Phi) is 8.23. The number of hydrogen-bond acceptors (Lipinski definition) is 2. The quantitative estimate of drug-likeness (QED) is 0.181. The summed E-state index contributed by atoms with van der Waals surface area (Å²) in [4.78, 5) is 16.0. The van der Waals surface area contributed by atoms with Gasteiger partial charge in [0.2, 0.25) is 0 Å². The van der Waals surface area contributed by atoms with E-state index in [1.165, 1.54) is 11.1 Å². The summed E-state index contributed by atoms with van der Waals surface area (Å²) in [7, 11) is 0. The maximum Gasteiger partial charge on any atom is 0.0658 e. The molecule has 2 aliphatic heterocycles. The molecular formula is C34H36N4Zn. The molecule has 0 spiro atoms. The smallest absolute Gasteiger partial charge is 0.0658 e. The van der Waals surface area contributed by atoms with Crippen LogP contribution in [0, 0.1) is 0 Å². The van der Waals surface area contributed by atoms with Crippen molar-refractivity contribution in [3.8, 4) is 0 Å². The SMILES string of the molecule is C1=Cc2cc3ccc(cc4nc(cc5ccc(cc1n2)[nH]5)C=C4)[nH]3.CC(C)(C)c1cccc(C(C)(C)C)c1.[Zn]. The summed E-state index contributed by atoms with van der Waals surface area (Å²) >= 11 is 0. The molecule has 0 fully saturated rings. The molecule has 194 valence electrons. The van der Waals surface area contributed by atoms with Crippen LogP contribution in [0.4, 0.5) is 0 Å². The van der Waals surface area contributed by atoms with E-state index in [9.17, 15) is 0 Å². The summed E-state index contributed by atoms with van der Waals surface area (Å²) in [5, 5.41) is 0. The Labute approximate surface area is 244 Å². The molecule has 8 bridgehead atoms. The summed E-state index contributed by atoms with van der Waals surface area (Å²) in [5.74, 6) is 0. The van der Waals surface area contributed by atoms with Crippen LogP contribution in [0.3, 0.4) is 0 Å². The van der Waals surface area contributed by atoms with E-state index < -0.39 is 0 Å². The van der Waals surface area contributed by atoms with Gasteiger partial charge in [-0.2, -0.15) is 0 Å². The van der Waals surface area contributed by atoms with E-state index in [-0.39, 0.29) is 30.3 Å². The van der Waals surface area contributed by atoms with E-state index >= 15 is 0 Å². The van der Waals surface area contributed by atoms with Crippen LogP contribution in [0.15, 0.2) is 72.8 Å². The van der Waals surface area contributed by atoms with Gasteiger partial charge in [0.25, 0.3) is 0 Å². The summed E-state index contributed by atoms with van der Waals surface area (Å²) in [6.45, 7) is 13.6. The van der Waals surface area contributed by atoms with E-state index in [1.807, 2.05) is 48.6 Å². The maximum absolute atomic E-state index is 4.63. The molecule has 39 heavy (non-hydrogen) atoms. The zero-order chi connectivity index (χ0) is 26.9. The Bertz CT molecular complexity index is 1480. The van der Waals surface area contributed by atoms with Crippen LogP contribution in [-0.4, -0.2) is 19.9 Å². The molecule has 0 unspecified atom stereocenters. The van der Waals surface area contributed by atoms with Crippen molar-refractivity contribution in [2.24, 2.45) is 0 Å². The molecular weight excluding hydrogens is 530 g/mol. The van der Waals surface area contributed by atoms with Crippen molar-refractivity contribution in [2.75, 3.05) is 0 Å². The van der Waals surface area contributed by atoms with Crippen LogP contribution in [0.1, 0.15) is 75.4 Å². The maximum atomic E-state index is 4.63. The second-order valence-electron chi connectivity index (χ2n) is 12.0. The number of aromatic nitrogens is 4. The molecule has 0 aliphatic carbocycles. The summed E-state index contributed by atoms with van der Waals surface area (Å²) in [6.07, 6.45) is 8.09. The molecule has 4 aromatic rings. The largest absolute Gasteiger partial charge is 0.355 e. The van der Waals surface area contributed by atoms with Crippen LogP contribution in [-0.2, 0) is 30.3 Å². The third-order valence-electron chi connectivity index (χ3n) is 6.64. The van der Waals surface area contributed by atoms with E-state index in [2.05, 4.69) is 110 Å². The van der Waals surface area contributed by atoms with Gasteiger partial charge in [-0.05, 0) is 94.8 Å². The van der Waals surface area contributed by atoms with Gasteiger partial charge >= 0.3 is 0 Å². The molecule has 1 aromatic carbocycles. The van der Waals surface area contributed by atoms with E-state index in [0.29, 0.717) is 0 Å². The molecule has 0 saturated heterocycles. The molecule has 0 radical (unpaired) electrons. The number of H-pyrrole nitrogens is 2. The Hall–Kier alpha value is -3.56. The number of rotatable bonds is 0. The fourth-order valence-electron chi connectivity index (χ4n) is 4.40. The molecule has 2 N–H and O–H groups in total. The van der Waals surface area contributed by atoms with Gasteiger partial charge in [-0.15, -0.1) is 0 Å². The van der Waals surface area contributed by atoms with Crippen molar-refractivity contribution in [1.29, 1.82) is 0 Å². The van der Waals surface area contributed by atoms with Gasteiger partial charge in [-0.1, -0.05) is 65.8 Å². The number of aromatic amines is 2. The molecule has 0 saturated carbocycles. The first kappa shape index (κ1) is 28.5. The van der Waals surface area contributed by atoms with Gasteiger partial charge in [0, 0.05) is 41.5 Å². The molecule has 5 heteroatoms. The number of fused-ring (bicyclic) bond motifs is 8. The van der Waals surface area contributed by atoms with Gasteiger partial charge in [0.15, 0.2) is 0 Å². The van der Waals surface area contributed by atoms with Crippen molar-refractivity contribution in [3.05, 3.63) is 107 Å². The third-order valence-corrected chi connectivity index (χ3v) is 6.64. The summed E-state index contributed by atoms with van der Waals surface area (Å²) < 4.78 is 0. The fourth-order valence-corrected chi connectivity index (χ4v) is 4.40.